The zero-order valence-corrected chi connectivity index (χ0v) is 9.88. The van der Waals surface area contributed by atoms with Crippen LogP contribution in [0.15, 0.2) is 27.6 Å². The number of hydrogen-bond donors (Lipinski definition) is 1. The number of nitrogens with zero attached hydrogens (tertiary/aromatic N) is 1. The summed E-state index contributed by atoms with van der Waals surface area (Å²) in [6, 6.07) is 3.32. The summed E-state index contributed by atoms with van der Waals surface area (Å²) in [5.41, 5.74) is 0.0387. The van der Waals surface area contributed by atoms with Crippen LogP contribution in [0.25, 0.3) is 0 Å². The fourth-order valence-electron chi connectivity index (χ4n) is 1.04. The van der Waals surface area contributed by atoms with Gasteiger partial charge in [0.2, 0.25) is 0 Å². The van der Waals surface area contributed by atoms with Crippen molar-refractivity contribution >= 4 is 28.6 Å². The SMILES string of the molecule is CC(CS)Cn1cc(Br)ccc1=O. The fourth-order valence-corrected chi connectivity index (χ4v) is 1.53. The lowest BCUT2D eigenvalue weighted by atomic mass is 10.2. The van der Waals surface area contributed by atoms with E-state index in [9.17, 15) is 4.79 Å². The summed E-state index contributed by atoms with van der Waals surface area (Å²) in [5.74, 6) is 1.20. The summed E-state index contributed by atoms with van der Waals surface area (Å²) in [6.07, 6.45) is 1.81. The van der Waals surface area contributed by atoms with Gasteiger partial charge in [-0.15, -0.1) is 0 Å². The van der Waals surface area contributed by atoms with Gasteiger partial charge >= 0.3 is 0 Å². The summed E-state index contributed by atoms with van der Waals surface area (Å²) < 4.78 is 2.63. The van der Waals surface area contributed by atoms with Gasteiger partial charge in [0.1, 0.15) is 0 Å². The van der Waals surface area contributed by atoms with Gasteiger partial charge in [-0.3, -0.25) is 4.79 Å². The quantitative estimate of drug-likeness (QED) is 0.828. The molecule has 0 amide bonds. The minimum atomic E-state index is 0.0387. The van der Waals surface area contributed by atoms with Crippen LogP contribution in [0, 0.1) is 5.92 Å². The average Bonchev–Trinajstić information content (AvgIpc) is 2.11. The molecule has 4 heteroatoms. The summed E-state index contributed by atoms with van der Waals surface area (Å²) >= 11 is 7.51. The lowest BCUT2D eigenvalue weighted by molar-refractivity contribution is 0.518. The Morgan fingerprint density at radius 1 is 1.62 bits per heavy atom. The first kappa shape index (κ1) is 10.9. The molecule has 0 fully saturated rings. The molecule has 1 atom stereocenters. The van der Waals surface area contributed by atoms with E-state index >= 15 is 0 Å². The third kappa shape index (κ3) is 3.19. The van der Waals surface area contributed by atoms with E-state index in [4.69, 9.17) is 0 Å². The molecule has 0 bridgehead atoms. The van der Waals surface area contributed by atoms with Crippen molar-refractivity contribution in [3.8, 4) is 0 Å². The lowest BCUT2D eigenvalue weighted by Gasteiger charge is -2.10. The predicted molar refractivity (Wildman–Crippen MR) is 61.4 cm³/mol. The van der Waals surface area contributed by atoms with Crippen molar-refractivity contribution in [2.75, 3.05) is 5.75 Å². The van der Waals surface area contributed by atoms with Crippen molar-refractivity contribution in [2.24, 2.45) is 5.92 Å². The molecule has 1 heterocycles. The molecule has 1 aromatic heterocycles. The topological polar surface area (TPSA) is 22.0 Å². The molecule has 0 spiro atoms. The standard InChI is InChI=1S/C9H12BrNOS/c1-7(6-13)4-11-5-8(10)2-3-9(11)12/h2-3,5,7,13H,4,6H2,1H3. The molecular formula is C9H12BrNOS. The normalized spacial score (nSPS) is 12.8. The maximum atomic E-state index is 11.3. The molecule has 0 N–H and O–H groups in total. The zero-order chi connectivity index (χ0) is 9.84. The van der Waals surface area contributed by atoms with Crippen LogP contribution in [0.4, 0.5) is 0 Å². The van der Waals surface area contributed by atoms with Crippen molar-refractivity contribution < 1.29 is 0 Å². The van der Waals surface area contributed by atoms with Crippen LogP contribution < -0.4 is 5.56 Å². The summed E-state index contributed by atoms with van der Waals surface area (Å²) in [6.45, 7) is 2.79. The van der Waals surface area contributed by atoms with Crippen LogP contribution in [0.5, 0.6) is 0 Å². The van der Waals surface area contributed by atoms with Gasteiger partial charge in [-0.1, -0.05) is 6.92 Å². The molecule has 0 saturated carbocycles. The third-order valence-electron chi connectivity index (χ3n) is 1.77. The monoisotopic (exact) mass is 261 g/mol. The Morgan fingerprint density at radius 2 is 2.31 bits per heavy atom. The highest BCUT2D eigenvalue weighted by atomic mass is 79.9. The first-order valence-electron chi connectivity index (χ1n) is 4.10. The number of hydrogen-bond acceptors (Lipinski definition) is 2. The highest BCUT2D eigenvalue weighted by Crippen LogP contribution is 2.07. The fraction of sp³-hybridized carbons (Fsp3) is 0.444. The first-order valence-corrected chi connectivity index (χ1v) is 5.53. The van der Waals surface area contributed by atoms with Gasteiger partial charge in [0, 0.05) is 23.3 Å². The zero-order valence-electron chi connectivity index (χ0n) is 7.40. The van der Waals surface area contributed by atoms with Gasteiger partial charge in [-0.05, 0) is 33.7 Å². The number of pyridine rings is 1. The number of aromatic nitrogens is 1. The molecule has 1 unspecified atom stereocenters. The molecule has 13 heavy (non-hydrogen) atoms. The molecule has 72 valence electrons. The Bertz CT molecular complexity index is 337. The molecule has 0 saturated heterocycles. The summed E-state index contributed by atoms with van der Waals surface area (Å²) in [4.78, 5) is 11.3. The molecule has 0 radical (unpaired) electrons. The number of thiol groups is 1. The number of rotatable bonds is 3. The maximum absolute atomic E-state index is 11.3. The van der Waals surface area contributed by atoms with Crippen molar-refractivity contribution in [3.05, 3.63) is 33.2 Å². The summed E-state index contributed by atoms with van der Waals surface area (Å²) in [7, 11) is 0. The Balaban J connectivity index is 2.87. The smallest absolute Gasteiger partial charge is 0.250 e. The molecule has 1 aromatic rings. The largest absolute Gasteiger partial charge is 0.314 e. The van der Waals surface area contributed by atoms with E-state index in [1.807, 2.05) is 6.20 Å². The van der Waals surface area contributed by atoms with E-state index in [-0.39, 0.29) is 5.56 Å². The third-order valence-corrected chi connectivity index (χ3v) is 2.86. The van der Waals surface area contributed by atoms with Crippen LogP contribution in [-0.4, -0.2) is 10.3 Å². The van der Waals surface area contributed by atoms with Crippen molar-refractivity contribution in [1.29, 1.82) is 0 Å². The molecule has 0 aliphatic carbocycles. The minimum absolute atomic E-state index is 0.0387. The van der Waals surface area contributed by atoms with Gasteiger partial charge in [-0.2, -0.15) is 12.6 Å². The molecule has 2 nitrogen and oxygen atoms in total. The second-order valence-electron chi connectivity index (χ2n) is 3.13. The Morgan fingerprint density at radius 3 is 2.92 bits per heavy atom. The average molecular weight is 262 g/mol. The van der Waals surface area contributed by atoms with Crippen LogP contribution in [0.2, 0.25) is 0 Å². The second kappa shape index (κ2) is 4.86. The maximum Gasteiger partial charge on any atom is 0.250 e. The van der Waals surface area contributed by atoms with Crippen LogP contribution in [0.1, 0.15) is 6.92 Å². The highest BCUT2D eigenvalue weighted by Gasteiger charge is 2.02. The Hall–Kier alpha value is -0.220. The highest BCUT2D eigenvalue weighted by molar-refractivity contribution is 9.10. The summed E-state index contributed by atoms with van der Waals surface area (Å²) in [5, 5.41) is 0. The van der Waals surface area contributed by atoms with Crippen LogP contribution >= 0.6 is 28.6 Å². The predicted octanol–water partition coefficient (Wildman–Crippen LogP) is 2.18. The molecule has 0 aromatic carbocycles. The van der Waals surface area contributed by atoms with E-state index in [1.54, 1.807) is 16.7 Å². The number of halogens is 1. The van der Waals surface area contributed by atoms with E-state index in [1.165, 1.54) is 0 Å². The van der Waals surface area contributed by atoms with Crippen molar-refractivity contribution in [1.82, 2.24) is 4.57 Å². The first-order chi connectivity index (χ1) is 6.13. The Labute approximate surface area is 91.5 Å². The minimum Gasteiger partial charge on any atom is -0.314 e. The van der Waals surface area contributed by atoms with E-state index in [2.05, 4.69) is 35.5 Å². The molecule has 0 aliphatic heterocycles. The van der Waals surface area contributed by atoms with Crippen LogP contribution in [-0.2, 0) is 6.54 Å². The van der Waals surface area contributed by atoms with Gasteiger partial charge in [0.25, 0.3) is 5.56 Å². The van der Waals surface area contributed by atoms with E-state index in [0.717, 1.165) is 16.8 Å². The second-order valence-corrected chi connectivity index (χ2v) is 4.41. The van der Waals surface area contributed by atoms with Gasteiger partial charge in [-0.25, -0.2) is 0 Å². The lowest BCUT2D eigenvalue weighted by Crippen LogP contribution is -2.22. The van der Waals surface area contributed by atoms with Gasteiger partial charge in [0.15, 0.2) is 0 Å². The van der Waals surface area contributed by atoms with Crippen molar-refractivity contribution in [3.63, 3.8) is 0 Å². The van der Waals surface area contributed by atoms with Crippen molar-refractivity contribution in [2.45, 2.75) is 13.5 Å². The molecular weight excluding hydrogens is 250 g/mol. The molecule has 0 aliphatic rings. The van der Waals surface area contributed by atoms with E-state index < -0.39 is 0 Å². The Kier molecular flexibility index (Phi) is 4.06. The van der Waals surface area contributed by atoms with Gasteiger partial charge in [0.05, 0.1) is 0 Å². The molecule has 1 rings (SSSR count). The van der Waals surface area contributed by atoms with E-state index in [0.29, 0.717) is 5.92 Å². The van der Waals surface area contributed by atoms with Gasteiger partial charge < -0.3 is 4.57 Å². The van der Waals surface area contributed by atoms with Crippen LogP contribution in [0.3, 0.4) is 0 Å².